The molecule has 0 aliphatic rings. The van der Waals surface area contributed by atoms with Crippen LogP contribution in [-0.2, 0) is 14.6 Å². The first-order valence-corrected chi connectivity index (χ1v) is 7.10. The van der Waals surface area contributed by atoms with Crippen molar-refractivity contribution in [2.75, 3.05) is 6.26 Å². The van der Waals surface area contributed by atoms with Gasteiger partial charge < -0.3 is 5.73 Å². The van der Waals surface area contributed by atoms with Crippen LogP contribution in [0.4, 0.5) is 0 Å². The average Bonchev–Trinajstić information content (AvgIpc) is 1.95. The zero-order valence-electron chi connectivity index (χ0n) is 10.4. The summed E-state index contributed by atoms with van der Waals surface area (Å²) in [5, 5.41) is 1.04. The summed E-state index contributed by atoms with van der Waals surface area (Å²) in [6, 6.07) is -0.524. The van der Waals surface area contributed by atoms with Crippen molar-refractivity contribution in [3.05, 3.63) is 11.5 Å². The minimum atomic E-state index is -3.16. The van der Waals surface area contributed by atoms with E-state index in [1.165, 1.54) is 6.08 Å². The zero-order chi connectivity index (χ0) is 13.0. The second-order valence-corrected chi connectivity index (χ2v) is 7.23. The number of Topliss-reactive ketones (excluding diaryl/α,β-unsaturated/α-hetero) is 1. The van der Waals surface area contributed by atoms with E-state index in [-0.39, 0.29) is 17.6 Å². The monoisotopic (exact) mass is 247 g/mol. The van der Waals surface area contributed by atoms with Gasteiger partial charge in [0.2, 0.25) is 0 Å². The maximum absolute atomic E-state index is 11.5. The maximum Gasteiger partial charge on any atom is 0.168 e. The summed E-state index contributed by atoms with van der Waals surface area (Å²) in [6.45, 7) is 5.92. The van der Waals surface area contributed by atoms with Gasteiger partial charge in [-0.3, -0.25) is 4.79 Å². The van der Waals surface area contributed by atoms with E-state index in [1.807, 2.05) is 20.8 Å². The van der Waals surface area contributed by atoms with Gasteiger partial charge in [0.15, 0.2) is 9.84 Å². The highest BCUT2D eigenvalue weighted by molar-refractivity contribution is 7.93. The summed E-state index contributed by atoms with van der Waals surface area (Å²) in [5.74, 6) is 0.0538. The summed E-state index contributed by atoms with van der Waals surface area (Å²) in [4.78, 5) is 11.5. The molecule has 0 aliphatic carbocycles. The molecule has 0 saturated heterocycles. The summed E-state index contributed by atoms with van der Waals surface area (Å²) in [6.07, 6.45) is 3.08. The lowest BCUT2D eigenvalue weighted by molar-refractivity contribution is -0.120. The molecule has 0 bridgehead atoms. The van der Waals surface area contributed by atoms with Crippen molar-refractivity contribution in [3.8, 4) is 0 Å². The highest BCUT2D eigenvalue weighted by Crippen LogP contribution is 2.19. The number of hydrogen-bond donors (Lipinski definition) is 1. The molecule has 4 nitrogen and oxygen atoms in total. The molecule has 16 heavy (non-hydrogen) atoms. The van der Waals surface area contributed by atoms with Crippen LogP contribution < -0.4 is 5.73 Å². The van der Waals surface area contributed by atoms with Crippen molar-refractivity contribution in [2.45, 2.75) is 39.7 Å². The summed E-state index contributed by atoms with van der Waals surface area (Å²) < 4.78 is 21.6. The number of hydrogen-bond acceptors (Lipinski definition) is 4. The standard InChI is InChI=1S/C11H21NO3S/c1-11(2,3)8-10(13)7-9(12)5-6-16(4,14)15/h5-6,9H,7-8,12H2,1-4H3/t9-/m1/s1. The van der Waals surface area contributed by atoms with Gasteiger partial charge in [0.05, 0.1) is 0 Å². The second kappa shape index (κ2) is 5.59. The van der Waals surface area contributed by atoms with Crippen molar-refractivity contribution >= 4 is 15.6 Å². The van der Waals surface area contributed by atoms with Crippen LogP contribution >= 0.6 is 0 Å². The molecule has 0 aromatic rings. The molecule has 0 aromatic carbocycles. The Balaban J connectivity index is 4.22. The lowest BCUT2D eigenvalue weighted by Crippen LogP contribution is -2.24. The molecule has 0 amide bonds. The minimum absolute atomic E-state index is 0.0538. The largest absolute Gasteiger partial charge is 0.324 e. The number of carbonyl (C=O) groups excluding carboxylic acids is 1. The molecule has 0 unspecified atom stereocenters. The van der Waals surface area contributed by atoms with Crippen molar-refractivity contribution in [1.82, 2.24) is 0 Å². The van der Waals surface area contributed by atoms with E-state index in [1.54, 1.807) is 0 Å². The quantitative estimate of drug-likeness (QED) is 0.793. The Bertz CT molecular complexity index is 363. The Morgan fingerprint density at radius 3 is 2.25 bits per heavy atom. The van der Waals surface area contributed by atoms with E-state index in [9.17, 15) is 13.2 Å². The summed E-state index contributed by atoms with van der Waals surface area (Å²) >= 11 is 0. The number of sulfone groups is 1. The van der Waals surface area contributed by atoms with Gasteiger partial charge in [0.1, 0.15) is 5.78 Å². The average molecular weight is 247 g/mol. The normalized spacial score (nSPS) is 15.3. The van der Waals surface area contributed by atoms with E-state index in [0.717, 1.165) is 11.7 Å². The predicted molar refractivity (Wildman–Crippen MR) is 65.7 cm³/mol. The van der Waals surface area contributed by atoms with Gasteiger partial charge >= 0.3 is 0 Å². The first-order chi connectivity index (χ1) is 6.99. The fourth-order valence-electron chi connectivity index (χ4n) is 1.24. The first kappa shape index (κ1) is 15.3. The van der Waals surface area contributed by atoms with E-state index in [2.05, 4.69) is 0 Å². The lowest BCUT2D eigenvalue weighted by Gasteiger charge is -2.17. The Kier molecular flexibility index (Phi) is 5.35. The Morgan fingerprint density at radius 1 is 1.38 bits per heavy atom. The molecule has 0 radical (unpaired) electrons. The van der Waals surface area contributed by atoms with Gasteiger partial charge in [0.25, 0.3) is 0 Å². The minimum Gasteiger partial charge on any atom is -0.324 e. The molecular formula is C11H21NO3S. The number of carbonyl (C=O) groups is 1. The fraction of sp³-hybridized carbons (Fsp3) is 0.727. The molecule has 1 atom stereocenters. The molecule has 0 spiro atoms. The number of ketones is 1. The van der Waals surface area contributed by atoms with E-state index in [0.29, 0.717) is 6.42 Å². The molecule has 0 rings (SSSR count). The van der Waals surface area contributed by atoms with Crippen LogP contribution in [0.5, 0.6) is 0 Å². The summed E-state index contributed by atoms with van der Waals surface area (Å²) in [7, 11) is -3.16. The second-order valence-electron chi connectivity index (χ2n) is 5.30. The number of rotatable bonds is 5. The predicted octanol–water partition coefficient (Wildman–Crippen LogP) is 1.27. The molecule has 94 valence electrons. The van der Waals surface area contributed by atoms with Crippen LogP contribution in [0.25, 0.3) is 0 Å². The summed E-state index contributed by atoms with van der Waals surface area (Å²) in [5.41, 5.74) is 5.57. The third kappa shape index (κ3) is 9.86. The van der Waals surface area contributed by atoms with Gasteiger partial charge in [0, 0.05) is 30.5 Å². The fourth-order valence-corrected chi connectivity index (χ4v) is 1.73. The third-order valence-corrected chi connectivity index (χ3v) is 2.42. The van der Waals surface area contributed by atoms with Crippen LogP contribution in [0.3, 0.4) is 0 Å². The van der Waals surface area contributed by atoms with E-state index in [4.69, 9.17) is 5.73 Å². The Labute approximate surface area is 97.8 Å². The SMILES string of the molecule is CC(C)(C)CC(=O)C[C@H](N)C=CS(C)(=O)=O. The highest BCUT2D eigenvalue weighted by Gasteiger charge is 2.17. The molecule has 0 aromatic heterocycles. The molecule has 2 N–H and O–H groups in total. The van der Waals surface area contributed by atoms with Crippen molar-refractivity contribution < 1.29 is 13.2 Å². The van der Waals surface area contributed by atoms with Gasteiger partial charge in [-0.25, -0.2) is 8.42 Å². The number of nitrogens with two attached hydrogens (primary N) is 1. The Morgan fingerprint density at radius 2 is 1.88 bits per heavy atom. The zero-order valence-corrected chi connectivity index (χ0v) is 11.2. The van der Waals surface area contributed by atoms with Gasteiger partial charge in [-0.1, -0.05) is 26.8 Å². The molecule has 0 saturated carbocycles. The van der Waals surface area contributed by atoms with Crippen molar-refractivity contribution in [2.24, 2.45) is 11.1 Å². The third-order valence-electron chi connectivity index (χ3n) is 1.76. The smallest absolute Gasteiger partial charge is 0.168 e. The van der Waals surface area contributed by atoms with Gasteiger partial charge in [-0.2, -0.15) is 0 Å². The van der Waals surface area contributed by atoms with E-state index < -0.39 is 15.9 Å². The molecule has 0 heterocycles. The molecule has 0 fully saturated rings. The molecular weight excluding hydrogens is 226 g/mol. The van der Waals surface area contributed by atoms with Crippen LogP contribution in [0.15, 0.2) is 11.5 Å². The van der Waals surface area contributed by atoms with Crippen LogP contribution in [0, 0.1) is 5.41 Å². The highest BCUT2D eigenvalue weighted by atomic mass is 32.2. The van der Waals surface area contributed by atoms with Crippen molar-refractivity contribution in [3.63, 3.8) is 0 Å². The molecule has 0 aliphatic heterocycles. The van der Waals surface area contributed by atoms with Crippen molar-refractivity contribution in [1.29, 1.82) is 0 Å². The Hall–Kier alpha value is -0.680. The van der Waals surface area contributed by atoms with Gasteiger partial charge in [-0.05, 0) is 5.41 Å². The lowest BCUT2D eigenvalue weighted by atomic mass is 9.88. The first-order valence-electron chi connectivity index (χ1n) is 5.15. The molecule has 5 heteroatoms. The van der Waals surface area contributed by atoms with E-state index >= 15 is 0 Å². The van der Waals surface area contributed by atoms with Crippen LogP contribution in [-0.4, -0.2) is 26.5 Å². The van der Waals surface area contributed by atoms with Crippen LogP contribution in [0.1, 0.15) is 33.6 Å². The van der Waals surface area contributed by atoms with Gasteiger partial charge in [-0.15, -0.1) is 0 Å². The topological polar surface area (TPSA) is 77.2 Å². The van der Waals surface area contributed by atoms with Crippen LogP contribution in [0.2, 0.25) is 0 Å². The maximum atomic E-state index is 11.5.